The Morgan fingerprint density at radius 2 is 2.11 bits per heavy atom. The second-order valence-corrected chi connectivity index (χ2v) is 7.22. The highest BCUT2D eigenvalue weighted by atomic mass is 16.5. The van der Waals surface area contributed by atoms with E-state index < -0.39 is 0 Å². The molecular formula is C21H30N4O2. The van der Waals surface area contributed by atoms with Gasteiger partial charge in [0.25, 0.3) is 0 Å². The predicted molar refractivity (Wildman–Crippen MR) is 109 cm³/mol. The maximum Gasteiger partial charge on any atom is 0.225 e. The van der Waals surface area contributed by atoms with E-state index in [0.717, 1.165) is 41.3 Å². The third-order valence-electron chi connectivity index (χ3n) is 5.02. The number of nitrogens with zero attached hydrogens (tertiary/aromatic N) is 3. The highest BCUT2D eigenvalue weighted by molar-refractivity contribution is 5.69. The molecule has 0 saturated carbocycles. The fourth-order valence-corrected chi connectivity index (χ4v) is 3.43. The summed E-state index contributed by atoms with van der Waals surface area (Å²) in [5, 5.41) is 3.56. The van der Waals surface area contributed by atoms with Gasteiger partial charge in [0.05, 0.1) is 19.4 Å². The standard InChI is InChI=1S/C21H30N4O2/c1-15-18(19-8-11-23-21(24-19)25(2)3)13-17(14-20(15)26-4)27-12-9-16-7-5-6-10-22-16/h8,11,13-14,16,22H,5-7,9-10,12H2,1-4H3. The highest BCUT2D eigenvalue weighted by Gasteiger charge is 2.15. The lowest BCUT2D eigenvalue weighted by Gasteiger charge is -2.23. The minimum atomic E-state index is 0.565. The van der Waals surface area contributed by atoms with E-state index in [1.54, 1.807) is 13.3 Å². The summed E-state index contributed by atoms with van der Waals surface area (Å²) in [6.45, 7) is 3.85. The molecule has 6 nitrogen and oxygen atoms in total. The van der Waals surface area contributed by atoms with Crippen molar-refractivity contribution >= 4 is 5.95 Å². The van der Waals surface area contributed by atoms with Gasteiger partial charge in [-0.25, -0.2) is 9.97 Å². The summed E-state index contributed by atoms with van der Waals surface area (Å²) in [5.41, 5.74) is 2.91. The molecule has 1 aliphatic heterocycles. The van der Waals surface area contributed by atoms with Crippen LogP contribution < -0.4 is 19.7 Å². The number of nitrogens with one attached hydrogen (secondary N) is 1. The number of ether oxygens (including phenoxy) is 2. The van der Waals surface area contributed by atoms with E-state index in [-0.39, 0.29) is 0 Å². The van der Waals surface area contributed by atoms with Crippen LogP contribution in [0.15, 0.2) is 24.4 Å². The van der Waals surface area contributed by atoms with Gasteiger partial charge < -0.3 is 19.7 Å². The van der Waals surface area contributed by atoms with Crippen LogP contribution in [0.4, 0.5) is 5.95 Å². The smallest absolute Gasteiger partial charge is 0.225 e. The Kier molecular flexibility index (Phi) is 6.50. The number of hydrogen-bond acceptors (Lipinski definition) is 6. The molecule has 0 radical (unpaired) electrons. The first-order valence-electron chi connectivity index (χ1n) is 9.64. The van der Waals surface area contributed by atoms with E-state index in [2.05, 4.69) is 15.3 Å². The Labute approximate surface area is 161 Å². The summed E-state index contributed by atoms with van der Waals surface area (Å²) < 4.78 is 11.6. The zero-order valence-electron chi connectivity index (χ0n) is 16.8. The Balaban J connectivity index is 1.79. The normalized spacial score (nSPS) is 16.8. The highest BCUT2D eigenvalue weighted by Crippen LogP contribution is 2.34. The predicted octanol–water partition coefficient (Wildman–Crippen LogP) is 3.44. The molecule has 1 saturated heterocycles. The number of rotatable bonds is 7. The van der Waals surface area contributed by atoms with Crippen LogP contribution in [0, 0.1) is 6.92 Å². The average molecular weight is 370 g/mol. The second kappa shape index (κ2) is 9.04. The summed E-state index contributed by atoms with van der Waals surface area (Å²) in [5.74, 6) is 2.30. The molecule has 1 aromatic carbocycles. The largest absolute Gasteiger partial charge is 0.496 e. The first-order chi connectivity index (χ1) is 13.1. The number of benzene rings is 1. The number of piperidine rings is 1. The molecule has 27 heavy (non-hydrogen) atoms. The van der Waals surface area contributed by atoms with Gasteiger partial charge in [-0.3, -0.25) is 0 Å². The molecule has 146 valence electrons. The molecular weight excluding hydrogens is 340 g/mol. The van der Waals surface area contributed by atoms with Gasteiger partial charge in [0, 0.05) is 43.5 Å². The van der Waals surface area contributed by atoms with Gasteiger partial charge in [-0.05, 0) is 44.9 Å². The van der Waals surface area contributed by atoms with Gasteiger partial charge in [-0.15, -0.1) is 0 Å². The lowest BCUT2D eigenvalue weighted by molar-refractivity contribution is 0.267. The Morgan fingerprint density at radius 1 is 1.26 bits per heavy atom. The van der Waals surface area contributed by atoms with Crippen molar-refractivity contribution < 1.29 is 9.47 Å². The zero-order valence-corrected chi connectivity index (χ0v) is 16.8. The van der Waals surface area contributed by atoms with Crippen molar-refractivity contribution in [3.05, 3.63) is 30.0 Å². The van der Waals surface area contributed by atoms with Gasteiger partial charge in [0.15, 0.2) is 0 Å². The molecule has 0 aliphatic carbocycles. The molecule has 1 N–H and O–H groups in total. The van der Waals surface area contributed by atoms with Crippen LogP contribution in [0.5, 0.6) is 11.5 Å². The quantitative estimate of drug-likeness (QED) is 0.806. The van der Waals surface area contributed by atoms with Crippen molar-refractivity contribution in [1.82, 2.24) is 15.3 Å². The topological polar surface area (TPSA) is 59.5 Å². The van der Waals surface area contributed by atoms with Crippen LogP contribution in [-0.4, -0.2) is 50.4 Å². The molecule has 6 heteroatoms. The van der Waals surface area contributed by atoms with E-state index >= 15 is 0 Å². The number of hydrogen-bond donors (Lipinski definition) is 1. The lowest BCUT2D eigenvalue weighted by Crippen LogP contribution is -2.35. The number of methoxy groups -OCH3 is 1. The van der Waals surface area contributed by atoms with Gasteiger partial charge in [-0.1, -0.05) is 6.42 Å². The lowest BCUT2D eigenvalue weighted by atomic mass is 10.0. The van der Waals surface area contributed by atoms with Crippen molar-refractivity contribution in [1.29, 1.82) is 0 Å². The van der Waals surface area contributed by atoms with Gasteiger partial charge in [0.2, 0.25) is 5.95 Å². The van der Waals surface area contributed by atoms with Crippen LogP contribution in [0.3, 0.4) is 0 Å². The van der Waals surface area contributed by atoms with Gasteiger partial charge in [-0.2, -0.15) is 0 Å². The maximum absolute atomic E-state index is 6.07. The summed E-state index contributed by atoms with van der Waals surface area (Å²) in [7, 11) is 5.56. The van der Waals surface area contributed by atoms with Crippen LogP contribution >= 0.6 is 0 Å². The molecule has 3 rings (SSSR count). The van der Waals surface area contributed by atoms with Crippen LogP contribution in [0.25, 0.3) is 11.3 Å². The zero-order chi connectivity index (χ0) is 19.2. The fourth-order valence-electron chi connectivity index (χ4n) is 3.43. The SMILES string of the molecule is COc1cc(OCCC2CCCCN2)cc(-c2ccnc(N(C)C)n2)c1C. The van der Waals surface area contributed by atoms with Crippen LogP contribution in [0.1, 0.15) is 31.2 Å². The van der Waals surface area contributed by atoms with E-state index in [9.17, 15) is 0 Å². The van der Waals surface area contributed by atoms with Gasteiger partial charge >= 0.3 is 0 Å². The molecule has 2 aromatic rings. The number of aromatic nitrogens is 2. The second-order valence-electron chi connectivity index (χ2n) is 7.22. The Hall–Kier alpha value is -2.34. The van der Waals surface area contributed by atoms with Crippen molar-refractivity contribution in [2.45, 2.75) is 38.6 Å². The third kappa shape index (κ3) is 4.89. The molecule has 1 unspecified atom stereocenters. The summed E-state index contributed by atoms with van der Waals surface area (Å²) >= 11 is 0. The number of anilines is 1. The molecule has 1 fully saturated rings. The summed E-state index contributed by atoms with van der Waals surface area (Å²) in [6.07, 6.45) is 6.63. The third-order valence-corrected chi connectivity index (χ3v) is 5.02. The van der Waals surface area contributed by atoms with E-state index in [1.807, 2.05) is 44.1 Å². The van der Waals surface area contributed by atoms with Crippen molar-refractivity contribution in [3.8, 4) is 22.8 Å². The maximum atomic E-state index is 6.07. The Bertz CT molecular complexity index is 758. The van der Waals surface area contributed by atoms with E-state index in [1.165, 1.54) is 19.3 Å². The van der Waals surface area contributed by atoms with E-state index in [0.29, 0.717) is 18.6 Å². The molecule has 1 atom stereocenters. The minimum Gasteiger partial charge on any atom is -0.496 e. The molecule has 0 spiro atoms. The average Bonchev–Trinajstić information content (AvgIpc) is 2.70. The molecule has 0 amide bonds. The van der Waals surface area contributed by atoms with Gasteiger partial charge in [0.1, 0.15) is 11.5 Å². The monoisotopic (exact) mass is 370 g/mol. The molecule has 1 aromatic heterocycles. The first kappa shape index (κ1) is 19.4. The van der Waals surface area contributed by atoms with E-state index in [4.69, 9.17) is 9.47 Å². The van der Waals surface area contributed by atoms with Crippen molar-refractivity contribution in [3.63, 3.8) is 0 Å². The summed E-state index contributed by atoms with van der Waals surface area (Å²) in [6, 6.07) is 6.50. The molecule has 1 aliphatic rings. The first-order valence-corrected chi connectivity index (χ1v) is 9.64. The van der Waals surface area contributed by atoms with Crippen LogP contribution in [0.2, 0.25) is 0 Å². The minimum absolute atomic E-state index is 0.565. The Morgan fingerprint density at radius 3 is 2.81 bits per heavy atom. The van der Waals surface area contributed by atoms with Crippen LogP contribution in [-0.2, 0) is 0 Å². The molecule has 0 bridgehead atoms. The fraction of sp³-hybridized carbons (Fsp3) is 0.524. The molecule has 2 heterocycles. The van der Waals surface area contributed by atoms with Crippen molar-refractivity contribution in [2.75, 3.05) is 39.3 Å². The van der Waals surface area contributed by atoms with Crippen molar-refractivity contribution in [2.24, 2.45) is 0 Å². The summed E-state index contributed by atoms with van der Waals surface area (Å²) in [4.78, 5) is 10.9.